The molecule has 178 valence electrons. The van der Waals surface area contributed by atoms with Gasteiger partial charge in [-0.15, -0.1) is 0 Å². The van der Waals surface area contributed by atoms with E-state index in [-0.39, 0.29) is 43.8 Å². The molecule has 0 saturated carbocycles. The number of rotatable bonds is 2. The van der Waals surface area contributed by atoms with Crippen LogP contribution >= 0.6 is 0 Å². The van der Waals surface area contributed by atoms with Crippen LogP contribution in [0.3, 0.4) is 0 Å². The second-order valence-electron chi connectivity index (χ2n) is 9.74. The van der Waals surface area contributed by atoms with Crippen LogP contribution in [-0.4, -0.2) is 59.8 Å². The van der Waals surface area contributed by atoms with Crippen LogP contribution in [0.2, 0.25) is 0 Å². The number of hydrogen-bond donors (Lipinski definition) is 1. The number of alkyl halides is 3. The van der Waals surface area contributed by atoms with Crippen LogP contribution in [0.5, 0.6) is 0 Å². The molecule has 3 rings (SSSR count). The van der Waals surface area contributed by atoms with E-state index in [4.69, 9.17) is 10.5 Å². The van der Waals surface area contributed by atoms with Gasteiger partial charge in [0.2, 0.25) is 0 Å². The molecule has 6 nitrogen and oxygen atoms in total. The highest BCUT2D eigenvalue weighted by molar-refractivity contribution is 5.95. The highest BCUT2D eigenvalue weighted by atomic mass is 19.4. The molecular formula is C23H32F3N3O3. The molecule has 0 bridgehead atoms. The Hall–Kier alpha value is -2.45. The van der Waals surface area contributed by atoms with Gasteiger partial charge in [-0.1, -0.05) is 0 Å². The first kappa shape index (κ1) is 24.2. The maximum absolute atomic E-state index is 12.9. The van der Waals surface area contributed by atoms with Crippen molar-refractivity contribution in [2.24, 2.45) is 5.92 Å². The van der Waals surface area contributed by atoms with Crippen LogP contribution in [0.1, 0.15) is 68.3 Å². The molecule has 32 heavy (non-hydrogen) atoms. The van der Waals surface area contributed by atoms with Gasteiger partial charge >= 0.3 is 12.3 Å². The average Bonchev–Trinajstić information content (AvgIpc) is 2.71. The van der Waals surface area contributed by atoms with Gasteiger partial charge in [0.25, 0.3) is 5.91 Å². The van der Waals surface area contributed by atoms with Crippen molar-refractivity contribution in [1.29, 1.82) is 0 Å². The molecular weight excluding hydrogens is 423 g/mol. The zero-order valence-corrected chi connectivity index (χ0v) is 18.9. The van der Waals surface area contributed by atoms with Gasteiger partial charge in [-0.25, -0.2) is 4.79 Å². The van der Waals surface area contributed by atoms with Crippen LogP contribution < -0.4 is 5.73 Å². The van der Waals surface area contributed by atoms with Crippen molar-refractivity contribution in [1.82, 2.24) is 9.80 Å². The monoisotopic (exact) mass is 455 g/mol. The Kier molecular flexibility index (Phi) is 6.95. The minimum Gasteiger partial charge on any atom is -0.444 e. The smallest absolute Gasteiger partial charge is 0.410 e. The van der Waals surface area contributed by atoms with Crippen LogP contribution in [-0.2, 0) is 4.74 Å². The van der Waals surface area contributed by atoms with E-state index in [2.05, 4.69) is 0 Å². The second-order valence-corrected chi connectivity index (χ2v) is 9.74. The van der Waals surface area contributed by atoms with Crippen LogP contribution in [0.15, 0.2) is 18.2 Å². The number of likely N-dealkylation sites (tertiary alicyclic amines) is 2. The first-order valence-corrected chi connectivity index (χ1v) is 11.1. The topological polar surface area (TPSA) is 75.9 Å². The summed E-state index contributed by atoms with van der Waals surface area (Å²) in [5.41, 5.74) is 7.27. The fourth-order valence-electron chi connectivity index (χ4n) is 4.35. The maximum atomic E-state index is 12.9. The number of amides is 2. The van der Waals surface area contributed by atoms with Crippen molar-refractivity contribution in [2.75, 3.05) is 31.9 Å². The predicted molar refractivity (Wildman–Crippen MR) is 115 cm³/mol. The van der Waals surface area contributed by atoms with Crippen molar-refractivity contribution in [3.05, 3.63) is 29.3 Å². The Balaban J connectivity index is 1.63. The Morgan fingerprint density at radius 3 is 2.03 bits per heavy atom. The lowest BCUT2D eigenvalue weighted by Gasteiger charge is -2.34. The minimum atomic E-state index is -4.21. The summed E-state index contributed by atoms with van der Waals surface area (Å²) in [5.74, 6) is -1.50. The fraction of sp³-hybridized carbons (Fsp3) is 0.652. The number of benzene rings is 1. The molecule has 2 saturated heterocycles. The molecule has 2 aliphatic heterocycles. The van der Waals surface area contributed by atoms with Crippen LogP contribution in [0.4, 0.5) is 23.7 Å². The third-order valence-electron chi connectivity index (χ3n) is 6.09. The number of piperidine rings is 2. The molecule has 1 aromatic carbocycles. The molecule has 0 aromatic heterocycles. The molecule has 2 N–H and O–H groups in total. The Labute approximate surface area is 186 Å². The summed E-state index contributed by atoms with van der Waals surface area (Å²) < 4.78 is 44.2. The SMILES string of the molecule is CC(C)(C)OC(=O)N1CCC(c2cc(N)cc(C(=O)N3CCC(C(F)(F)F)CC3)c2)CC1. The third-order valence-corrected chi connectivity index (χ3v) is 6.09. The number of nitrogen functional groups attached to an aromatic ring is 1. The lowest BCUT2D eigenvalue weighted by atomic mass is 9.88. The number of nitrogens with two attached hydrogens (primary N) is 1. The van der Waals surface area contributed by atoms with Crippen molar-refractivity contribution in [3.63, 3.8) is 0 Å². The standard InChI is InChI=1S/C23H32F3N3O3/c1-22(2,3)32-21(31)29-8-4-15(5-9-29)16-12-17(14-19(27)13-16)20(30)28-10-6-18(7-11-28)23(24,25)26/h12-15,18H,4-11,27H2,1-3H3. The second kappa shape index (κ2) is 9.19. The van der Waals surface area contributed by atoms with E-state index in [1.54, 1.807) is 17.0 Å². The molecule has 2 amide bonds. The van der Waals surface area contributed by atoms with Gasteiger partial charge < -0.3 is 20.3 Å². The summed E-state index contributed by atoms with van der Waals surface area (Å²) in [5, 5.41) is 0. The van der Waals surface area contributed by atoms with Gasteiger partial charge in [-0.05, 0) is 76.1 Å². The number of halogens is 3. The van der Waals surface area contributed by atoms with Crippen LogP contribution in [0.25, 0.3) is 0 Å². The number of carbonyl (C=O) groups excluding carboxylic acids is 2. The van der Waals surface area contributed by atoms with Gasteiger partial charge in [0.1, 0.15) is 5.60 Å². The molecule has 0 aliphatic carbocycles. The molecule has 1 aromatic rings. The molecule has 0 atom stereocenters. The first-order chi connectivity index (χ1) is 14.8. The summed E-state index contributed by atoms with van der Waals surface area (Å²) in [6.07, 6.45) is -3.27. The molecule has 9 heteroatoms. The Morgan fingerprint density at radius 1 is 0.938 bits per heavy atom. The lowest BCUT2D eigenvalue weighted by molar-refractivity contribution is -0.183. The summed E-state index contributed by atoms with van der Waals surface area (Å²) in [6.45, 7) is 6.74. The highest BCUT2D eigenvalue weighted by Gasteiger charge is 2.41. The van der Waals surface area contributed by atoms with Gasteiger partial charge in [-0.3, -0.25) is 4.79 Å². The van der Waals surface area contributed by atoms with E-state index >= 15 is 0 Å². The molecule has 0 unspecified atom stereocenters. The van der Waals surface area contributed by atoms with E-state index in [9.17, 15) is 22.8 Å². The Morgan fingerprint density at radius 2 is 1.50 bits per heavy atom. The minimum absolute atomic E-state index is 0.0759. The third kappa shape index (κ3) is 6.07. The van der Waals surface area contributed by atoms with Crippen molar-refractivity contribution < 1.29 is 27.5 Å². The van der Waals surface area contributed by atoms with Crippen molar-refractivity contribution in [3.8, 4) is 0 Å². The lowest BCUT2D eigenvalue weighted by Crippen LogP contribution is -2.42. The average molecular weight is 456 g/mol. The van der Waals surface area contributed by atoms with E-state index in [1.165, 1.54) is 4.90 Å². The first-order valence-electron chi connectivity index (χ1n) is 11.1. The van der Waals surface area contributed by atoms with E-state index in [1.807, 2.05) is 26.8 Å². The largest absolute Gasteiger partial charge is 0.444 e. The highest BCUT2D eigenvalue weighted by Crippen LogP contribution is 2.35. The van der Waals surface area contributed by atoms with Gasteiger partial charge in [-0.2, -0.15) is 13.2 Å². The predicted octanol–water partition coefficient (Wildman–Crippen LogP) is 4.80. The summed E-state index contributed by atoms with van der Waals surface area (Å²) in [7, 11) is 0. The van der Waals surface area contributed by atoms with Crippen LogP contribution in [0, 0.1) is 5.92 Å². The van der Waals surface area contributed by atoms with Gasteiger partial charge in [0.05, 0.1) is 5.92 Å². The summed E-state index contributed by atoms with van der Waals surface area (Å²) in [4.78, 5) is 28.4. The molecule has 2 fully saturated rings. The van der Waals surface area contributed by atoms with Gasteiger partial charge in [0, 0.05) is 37.4 Å². The fourth-order valence-corrected chi connectivity index (χ4v) is 4.35. The molecule has 0 radical (unpaired) electrons. The maximum Gasteiger partial charge on any atom is 0.410 e. The summed E-state index contributed by atoms with van der Waals surface area (Å²) in [6, 6.07) is 5.21. The van der Waals surface area contributed by atoms with E-state index in [0.717, 1.165) is 5.56 Å². The zero-order valence-electron chi connectivity index (χ0n) is 18.9. The number of hydrogen-bond acceptors (Lipinski definition) is 4. The normalized spacial score (nSPS) is 19.2. The zero-order chi connectivity index (χ0) is 23.7. The Bertz CT molecular complexity index is 835. The van der Waals surface area contributed by atoms with Crippen molar-refractivity contribution in [2.45, 2.75) is 64.1 Å². The van der Waals surface area contributed by atoms with E-state index < -0.39 is 17.7 Å². The van der Waals surface area contributed by atoms with Gasteiger partial charge in [0.15, 0.2) is 0 Å². The quantitative estimate of drug-likeness (QED) is 0.650. The number of carbonyl (C=O) groups is 2. The number of anilines is 1. The van der Waals surface area contributed by atoms with Crippen molar-refractivity contribution >= 4 is 17.7 Å². The molecule has 2 aliphatic rings. The molecule has 2 heterocycles. The number of nitrogens with zero attached hydrogens (tertiary/aromatic N) is 2. The van der Waals surface area contributed by atoms with E-state index in [0.29, 0.717) is 37.2 Å². The number of ether oxygens (including phenoxy) is 1. The molecule has 0 spiro atoms. The summed E-state index contributed by atoms with van der Waals surface area (Å²) >= 11 is 0.